The highest BCUT2D eigenvalue weighted by molar-refractivity contribution is 5.82. The van der Waals surface area contributed by atoms with Gasteiger partial charge in [0.2, 0.25) is 0 Å². The largest absolute Gasteiger partial charge is 0.497 e. The van der Waals surface area contributed by atoms with Crippen LogP contribution in [0.5, 0.6) is 5.75 Å². The fraction of sp³-hybridized carbons (Fsp3) is 0.471. The van der Waals surface area contributed by atoms with E-state index < -0.39 is 0 Å². The van der Waals surface area contributed by atoms with E-state index in [2.05, 4.69) is 22.9 Å². The topological polar surface area (TPSA) is 51.4 Å². The Bertz CT molecular complexity index is 637. The lowest BCUT2D eigenvalue weighted by Gasteiger charge is -2.22. The van der Waals surface area contributed by atoms with E-state index in [-0.39, 0.29) is 0 Å². The molecule has 1 saturated carbocycles. The fourth-order valence-electron chi connectivity index (χ4n) is 2.80. The SMILES string of the molecule is CCCN(Cc1cc2ccc(OC)cc2nc1N)C1CC1. The van der Waals surface area contributed by atoms with Crippen LogP contribution in [-0.2, 0) is 6.54 Å². The summed E-state index contributed by atoms with van der Waals surface area (Å²) in [6.45, 7) is 4.26. The Hall–Kier alpha value is -1.81. The maximum absolute atomic E-state index is 6.16. The van der Waals surface area contributed by atoms with Crippen LogP contribution in [0.25, 0.3) is 10.9 Å². The summed E-state index contributed by atoms with van der Waals surface area (Å²) in [4.78, 5) is 7.08. The first-order valence-electron chi connectivity index (χ1n) is 7.68. The van der Waals surface area contributed by atoms with Crippen LogP contribution < -0.4 is 10.5 Å². The summed E-state index contributed by atoms with van der Waals surface area (Å²) in [5.74, 6) is 1.45. The Labute approximate surface area is 125 Å². The predicted molar refractivity (Wildman–Crippen MR) is 86.4 cm³/mol. The van der Waals surface area contributed by atoms with Gasteiger partial charge in [0.1, 0.15) is 11.6 Å². The Morgan fingerprint density at radius 3 is 2.81 bits per heavy atom. The van der Waals surface area contributed by atoms with Crippen molar-refractivity contribution < 1.29 is 4.74 Å². The minimum Gasteiger partial charge on any atom is -0.497 e. The quantitative estimate of drug-likeness (QED) is 0.885. The molecule has 1 fully saturated rings. The summed E-state index contributed by atoms with van der Waals surface area (Å²) in [5.41, 5.74) is 8.19. The molecule has 4 heteroatoms. The van der Waals surface area contributed by atoms with Gasteiger partial charge in [-0.15, -0.1) is 0 Å². The first-order chi connectivity index (χ1) is 10.2. The number of hydrogen-bond acceptors (Lipinski definition) is 4. The van der Waals surface area contributed by atoms with Gasteiger partial charge in [-0.05, 0) is 44.0 Å². The van der Waals surface area contributed by atoms with Crippen LogP contribution in [-0.4, -0.2) is 29.6 Å². The first-order valence-corrected chi connectivity index (χ1v) is 7.68. The second-order valence-corrected chi connectivity index (χ2v) is 5.79. The van der Waals surface area contributed by atoms with Crippen molar-refractivity contribution >= 4 is 16.7 Å². The number of fused-ring (bicyclic) bond motifs is 1. The average Bonchev–Trinajstić information content (AvgIpc) is 3.31. The molecule has 1 aliphatic rings. The maximum Gasteiger partial charge on any atom is 0.128 e. The molecule has 1 aliphatic carbocycles. The molecule has 0 aliphatic heterocycles. The number of pyridine rings is 1. The molecule has 2 N–H and O–H groups in total. The minimum absolute atomic E-state index is 0.637. The molecule has 1 aromatic carbocycles. The van der Waals surface area contributed by atoms with Gasteiger partial charge in [-0.25, -0.2) is 4.98 Å². The zero-order valence-electron chi connectivity index (χ0n) is 12.8. The Kier molecular flexibility index (Phi) is 3.97. The molecule has 4 nitrogen and oxygen atoms in total. The number of benzene rings is 1. The molecule has 112 valence electrons. The van der Waals surface area contributed by atoms with Crippen LogP contribution in [0, 0.1) is 0 Å². The third-order valence-corrected chi connectivity index (χ3v) is 4.08. The molecule has 0 radical (unpaired) electrons. The monoisotopic (exact) mass is 285 g/mol. The van der Waals surface area contributed by atoms with E-state index in [1.54, 1.807) is 7.11 Å². The summed E-state index contributed by atoms with van der Waals surface area (Å²) in [5, 5.41) is 1.12. The smallest absolute Gasteiger partial charge is 0.128 e. The highest BCUT2D eigenvalue weighted by Crippen LogP contribution is 2.30. The van der Waals surface area contributed by atoms with Crippen LogP contribution >= 0.6 is 0 Å². The molecule has 1 aromatic heterocycles. The molecule has 3 rings (SSSR count). The summed E-state index contributed by atoms with van der Waals surface area (Å²) < 4.78 is 5.24. The van der Waals surface area contributed by atoms with Crippen molar-refractivity contribution in [3.63, 3.8) is 0 Å². The van der Waals surface area contributed by atoms with Gasteiger partial charge in [-0.1, -0.05) is 6.92 Å². The van der Waals surface area contributed by atoms with Gasteiger partial charge in [0.25, 0.3) is 0 Å². The molecule has 1 heterocycles. The average molecular weight is 285 g/mol. The predicted octanol–water partition coefficient (Wildman–Crippen LogP) is 3.20. The molecule has 0 unspecified atom stereocenters. The van der Waals surface area contributed by atoms with Gasteiger partial charge >= 0.3 is 0 Å². The van der Waals surface area contributed by atoms with Crippen LogP contribution in [0.3, 0.4) is 0 Å². The van der Waals surface area contributed by atoms with Crippen molar-refractivity contribution in [1.29, 1.82) is 0 Å². The minimum atomic E-state index is 0.637. The number of ether oxygens (including phenoxy) is 1. The lowest BCUT2D eigenvalue weighted by molar-refractivity contribution is 0.255. The van der Waals surface area contributed by atoms with Crippen molar-refractivity contribution in [2.45, 2.75) is 38.8 Å². The van der Waals surface area contributed by atoms with E-state index in [9.17, 15) is 0 Å². The highest BCUT2D eigenvalue weighted by atomic mass is 16.5. The maximum atomic E-state index is 6.16. The van der Waals surface area contributed by atoms with E-state index in [0.717, 1.165) is 41.3 Å². The highest BCUT2D eigenvalue weighted by Gasteiger charge is 2.28. The van der Waals surface area contributed by atoms with Crippen molar-refractivity contribution in [2.24, 2.45) is 0 Å². The van der Waals surface area contributed by atoms with E-state index >= 15 is 0 Å². The number of rotatable bonds is 6. The summed E-state index contributed by atoms with van der Waals surface area (Å²) in [6.07, 6.45) is 3.81. The van der Waals surface area contributed by atoms with Crippen molar-refractivity contribution in [2.75, 3.05) is 19.4 Å². The van der Waals surface area contributed by atoms with Crippen LogP contribution in [0.15, 0.2) is 24.3 Å². The van der Waals surface area contributed by atoms with Crippen molar-refractivity contribution in [3.05, 3.63) is 29.8 Å². The van der Waals surface area contributed by atoms with Crippen LogP contribution in [0.1, 0.15) is 31.7 Å². The molecule has 0 atom stereocenters. The third kappa shape index (κ3) is 3.10. The molecule has 0 saturated heterocycles. The molecule has 0 amide bonds. The van der Waals surface area contributed by atoms with Crippen LogP contribution in [0.2, 0.25) is 0 Å². The van der Waals surface area contributed by atoms with Gasteiger partial charge < -0.3 is 10.5 Å². The third-order valence-electron chi connectivity index (χ3n) is 4.08. The number of nitrogens with two attached hydrogens (primary N) is 1. The van der Waals surface area contributed by atoms with Gasteiger partial charge in [0.15, 0.2) is 0 Å². The fourth-order valence-corrected chi connectivity index (χ4v) is 2.80. The normalized spacial score (nSPS) is 14.8. The number of methoxy groups -OCH3 is 1. The van der Waals surface area contributed by atoms with Crippen LogP contribution in [0.4, 0.5) is 5.82 Å². The molecular weight excluding hydrogens is 262 g/mol. The molecule has 0 spiro atoms. The summed E-state index contributed by atoms with van der Waals surface area (Å²) in [6, 6.07) is 8.86. The number of nitrogens with zero attached hydrogens (tertiary/aromatic N) is 2. The Morgan fingerprint density at radius 2 is 2.14 bits per heavy atom. The lowest BCUT2D eigenvalue weighted by Crippen LogP contribution is -2.26. The van der Waals surface area contributed by atoms with E-state index in [0.29, 0.717) is 5.82 Å². The standard InChI is InChI=1S/C17H23N3O/c1-3-8-20(14-5-6-14)11-13-9-12-4-7-15(21-2)10-16(12)19-17(13)18/h4,7,9-10,14H,3,5-6,8,11H2,1-2H3,(H2,18,19). The van der Waals surface area contributed by atoms with Gasteiger partial charge in [-0.2, -0.15) is 0 Å². The second kappa shape index (κ2) is 5.90. The van der Waals surface area contributed by atoms with Crippen molar-refractivity contribution in [3.8, 4) is 5.75 Å². The number of aromatic nitrogens is 1. The first kappa shape index (κ1) is 14.1. The zero-order valence-corrected chi connectivity index (χ0v) is 12.8. The molecule has 21 heavy (non-hydrogen) atoms. The van der Waals surface area contributed by atoms with E-state index in [4.69, 9.17) is 10.5 Å². The lowest BCUT2D eigenvalue weighted by atomic mass is 10.1. The van der Waals surface area contributed by atoms with Crippen molar-refractivity contribution in [1.82, 2.24) is 9.88 Å². The van der Waals surface area contributed by atoms with E-state index in [1.807, 2.05) is 18.2 Å². The number of nitrogen functional groups attached to an aromatic ring is 1. The number of hydrogen-bond donors (Lipinski definition) is 1. The van der Waals surface area contributed by atoms with Gasteiger partial charge in [0.05, 0.1) is 12.6 Å². The van der Waals surface area contributed by atoms with Gasteiger partial charge in [-0.3, -0.25) is 4.90 Å². The summed E-state index contributed by atoms with van der Waals surface area (Å²) in [7, 11) is 1.66. The second-order valence-electron chi connectivity index (χ2n) is 5.79. The zero-order chi connectivity index (χ0) is 14.8. The van der Waals surface area contributed by atoms with Gasteiger partial charge in [0, 0.05) is 29.6 Å². The molecule has 2 aromatic rings. The molecular formula is C17H23N3O. The number of anilines is 1. The Balaban J connectivity index is 1.89. The Morgan fingerprint density at radius 1 is 1.33 bits per heavy atom. The molecule has 0 bridgehead atoms. The van der Waals surface area contributed by atoms with E-state index in [1.165, 1.54) is 19.3 Å². The summed E-state index contributed by atoms with van der Waals surface area (Å²) >= 11 is 0.